The first-order valence-corrected chi connectivity index (χ1v) is 17.2. The van der Waals surface area contributed by atoms with Crippen LogP contribution in [-0.2, 0) is 21.7 Å². The van der Waals surface area contributed by atoms with Gasteiger partial charge in [0, 0.05) is 28.1 Å². The molecule has 6 rings (SSSR count). The lowest BCUT2D eigenvalue weighted by molar-refractivity contribution is -0.146. The molecule has 4 aromatic rings. The van der Waals surface area contributed by atoms with Gasteiger partial charge in [-0.1, -0.05) is 47.1 Å². The number of aliphatic hydroxyl groups is 1. The summed E-state index contributed by atoms with van der Waals surface area (Å²) in [7, 11) is -3.26. The van der Waals surface area contributed by atoms with Crippen molar-refractivity contribution in [3.05, 3.63) is 92.7 Å². The Hall–Kier alpha value is -3.05. The number of hydrogen-bond acceptors (Lipinski definition) is 4. The maximum atomic E-state index is 15.7. The quantitative estimate of drug-likeness (QED) is 0.210. The van der Waals surface area contributed by atoms with Crippen molar-refractivity contribution in [3.63, 3.8) is 0 Å². The molecule has 2 aliphatic rings. The van der Waals surface area contributed by atoms with Crippen LogP contribution in [0.3, 0.4) is 0 Å². The first-order valence-electron chi connectivity index (χ1n) is 13.4. The molecule has 0 radical (unpaired) electrons. The second kappa shape index (κ2) is 9.80. The zero-order chi connectivity index (χ0) is 28.4. The number of amides is 1. The molecule has 1 saturated heterocycles. The Balaban J connectivity index is 1.41. The third-order valence-electron chi connectivity index (χ3n) is 8.44. The summed E-state index contributed by atoms with van der Waals surface area (Å²) < 4.78 is 24.6. The molecule has 0 aliphatic carbocycles. The fourth-order valence-corrected chi connectivity index (χ4v) is 9.69. The molecular formula is C30H31BrFN3O4Si. The Kier molecular flexibility index (Phi) is 6.64. The van der Waals surface area contributed by atoms with Crippen LogP contribution in [0.15, 0.2) is 76.0 Å². The zero-order valence-electron chi connectivity index (χ0n) is 22.5. The molecule has 0 saturated carbocycles. The maximum absolute atomic E-state index is 15.7. The van der Waals surface area contributed by atoms with Crippen molar-refractivity contribution in [2.75, 3.05) is 11.5 Å². The van der Waals surface area contributed by atoms with E-state index in [0.717, 1.165) is 21.2 Å². The summed E-state index contributed by atoms with van der Waals surface area (Å²) in [4.78, 5) is 29.2. The monoisotopic (exact) mass is 623 g/mol. The van der Waals surface area contributed by atoms with Gasteiger partial charge < -0.3 is 18.9 Å². The number of aromatic nitrogens is 2. The second-order valence-electron chi connectivity index (χ2n) is 11.3. The number of aliphatic hydroxyl groups excluding tert-OH is 1. The number of aromatic amines is 1. The van der Waals surface area contributed by atoms with E-state index in [2.05, 4.69) is 21.0 Å². The number of nitrogens with zero attached hydrogens (tertiary/aromatic N) is 2. The van der Waals surface area contributed by atoms with Gasteiger partial charge in [-0.3, -0.25) is 14.7 Å². The van der Waals surface area contributed by atoms with Crippen molar-refractivity contribution in [2.45, 2.75) is 50.2 Å². The van der Waals surface area contributed by atoms with Crippen molar-refractivity contribution in [3.8, 4) is 5.69 Å². The minimum absolute atomic E-state index is 0.141. The fourth-order valence-electron chi connectivity index (χ4n) is 6.79. The first kappa shape index (κ1) is 27.1. The molecule has 0 unspecified atom stereocenters. The largest absolute Gasteiger partial charge is 0.396 e. The molecule has 1 spiro atoms. The zero-order valence-corrected chi connectivity index (χ0v) is 25.1. The molecule has 208 valence electrons. The summed E-state index contributed by atoms with van der Waals surface area (Å²) in [6.45, 7) is 5.32. The number of H-pyrrole nitrogens is 1. The molecule has 0 bridgehead atoms. The molecule has 10 heteroatoms. The van der Waals surface area contributed by atoms with Gasteiger partial charge in [0.15, 0.2) is 5.60 Å². The van der Waals surface area contributed by atoms with E-state index in [9.17, 15) is 14.7 Å². The number of carbonyl (C=O) groups is 1. The van der Waals surface area contributed by atoms with Gasteiger partial charge in [-0.2, -0.15) is 0 Å². The van der Waals surface area contributed by atoms with Gasteiger partial charge in [0.05, 0.1) is 34.9 Å². The van der Waals surface area contributed by atoms with Gasteiger partial charge in [-0.25, -0.2) is 4.68 Å². The van der Waals surface area contributed by atoms with E-state index in [-0.39, 0.29) is 31.0 Å². The summed E-state index contributed by atoms with van der Waals surface area (Å²) in [5.41, 5.74) is 1.73. The Morgan fingerprint density at radius 3 is 2.60 bits per heavy atom. The minimum atomic E-state index is -3.26. The van der Waals surface area contributed by atoms with E-state index in [0.29, 0.717) is 16.6 Å². The predicted octanol–water partition coefficient (Wildman–Crippen LogP) is 5.79. The molecule has 1 amide bonds. The number of hydrogen-bond donors (Lipinski definition) is 2. The number of fused-ring (bicyclic) bond motifs is 3. The molecule has 3 heterocycles. The van der Waals surface area contributed by atoms with Gasteiger partial charge in [-0.05, 0) is 67.5 Å². The average molecular weight is 625 g/mol. The van der Waals surface area contributed by atoms with Crippen molar-refractivity contribution >= 4 is 46.8 Å². The van der Waals surface area contributed by atoms with E-state index in [1.807, 2.05) is 67.6 Å². The summed E-state index contributed by atoms with van der Waals surface area (Å²) >= 11 is 3.55. The molecule has 4 atom stereocenters. The highest BCUT2D eigenvalue weighted by Crippen LogP contribution is 2.60. The Morgan fingerprint density at radius 1 is 1.10 bits per heavy atom. The van der Waals surface area contributed by atoms with Crippen LogP contribution in [0.2, 0.25) is 18.6 Å². The molecule has 1 fully saturated rings. The van der Waals surface area contributed by atoms with Crippen LogP contribution in [0, 0.1) is 5.92 Å². The summed E-state index contributed by atoms with van der Waals surface area (Å²) in [5.74, 6) is -0.650. The number of halogens is 2. The Morgan fingerprint density at radius 2 is 1.88 bits per heavy atom. The van der Waals surface area contributed by atoms with Gasteiger partial charge in [0.1, 0.15) is 0 Å². The lowest BCUT2D eigenvalue weighted by Crippen LogP contribution is -2.45. The predicted molar refractivity (Wildman–Crippen MR) is 159 cm³/mol. The van der Waals surface area contributed by atoms with E-state index in [1.54, 1.807) is 24.1 Å². The van der Waals surface area contributed by atoms with Crippen LogP contribution in [0.4, 0.5) is 9.80 Å². The van der Waals surface area contributed by atoms with E-state index in [1.165, 1.54) is 4.68 Å². The standard InChI is InChI=1S/C30H31BrFN3O4Si/c1-18-27(40(2,3)32)26(13-14-36)39-30(18)23-16-20(31)11-12-25(23)34(29(30)38)17-19-7-6-8-21(15-19)35-28(37)22-9-4-5-10-24(22)33-35/h4-12,15-16,18,26-27,33,36H,13-14,17H2,1-3H3/t18-,26+,27-,30+/m1/s1. The highest BCUT2D eigenvalue weighted by molar-refractivity contribution is 9.10. The highest BCUT2D eigenvalue weighted by atomic mass is 79.9. The van der Waals surface area contributed by atoms with Crippen LogP contribution in [0.25, 0.3) is 16.6 Å². The Labute approximate surface area is 240 Å². The number of rotatable bonds is 6. The Bertz CT molecular complexity index is 1680. The summed E-state index contributed by atoms with van der Waals surface area (Å²) in [6.07, 6.45) is -0.283. The second-order valence-corrected chi connectivity index (χ2v) is 16.0. The minimum Gasteiger partial charge on any atom is -0.396 e. The van der Waals surface area contributed by atoms with Gasteiger partial charge >= 0.3 is 0 Å². The van der Waals surface area contributed by atoms with Crippen molar-refractivity contribution in [2.24, 2.45) is 5.92 Å². The van der Waals surface area contributed by atoms with E-state index in [4.69, 9.17) is 4.74 Å². The number of anilines is 1. The van der Waals surface area contributed by atoms with E-state index < -0.39 is 31.6 Å². The molecular weight excluding hydrogens is 593 g/mol. The van der Waals surface area contributed by atoms with Gasteiger partial charge in [-0.15, -0.1) is 0 Å². The lowest BCUT2D eigenvalue weighted by Gasteiger charge is -2.31. The van der Waals surface area contributed by atoms with Crippen LogP contribution in [0.1, 0.15) is 24.5 Å². The number of nitrogens with one attached hydrogen (secondary N) is 1. The van der Waals surface area contributed by atoms with Crippen LogP contribution in [0.5, 0.6) is 0 Å². The fraction of sp³-hybridized carbons (Fsp3) is 0.333. The molecule has 2 N–H and O–H groups in total. The lowest BCUT2D eigenvalue weighted by atomic mass is 9.82. The van der Waals surface area contributed by atoms with Gasteiger partial charge in [0.2, 0.25) is 8.41 Å². The summed E-state index contributed by atoms with van der Waals surface area (Å²) in [5, 5.41) is 13.5. The molecule has 40 heavy (non-hydrogen) atoms. The summed E-state index contributed by atoms with van der Waals surface area (Å²) in [6, 6.07) is 20.5. The number of ether oxygens (including phenoxy) is 1. The number of para-hydroxylation sites is 1. The van der Waals surface area contributed by atoms with E-state index >= 15 is 4.11 Å². The average Bonchev–Trinajstić information content (AvgIpc) is 3.49. The van der Waals surface area contributed by atoms with Crippen molar-refractivity contribution in [1.82, 2.24) is 9.78 Å². The maximum Gasteiger partial charge on any atom is 0.279 e. The highest BCUT2D eigenvalue weighted by Gasteiger charge is 2.66. The van der Waals surface area contributed by atoms with Crippen molar-refractivity contribution in [1.29, 1.82) is 0 Å². The topological polar surface area (TPSA) is 87.6 Å². The van der Waals surface area contributed by atoms with Crippen LogP contribution < -0.4 is 10.5 Å². The number of carbonyl (C=O) groups excluding carboxylic acids is 1. The van der Waals surface area contributed by atoms with Crippen molar-refractivity contribution < 1.29 is 18.7 Å². The van der Waals surface area contributed by atoms with Gasteiger partial charge in [0.25, 0.3) is 11.5 Å². The third-order valence-corrected chi connectivity index (χ3v) is 11.4. The molecule has 3 aromatic carbocycles. The molecule has 2 aliphatic heterocycles. The van der Waals surface area contributed by atoms with Crippen LogP contribution >= 0.6 is 15.9 Å². The molecule has 7 nitrogen and oxygen atoms in total. The number of benzene rings is 3. The third kappa shape index (κ3) is 4.11. The molecule has 1 aromatic heterocycles. The SMILES string of the molecule is C[C@@H]1[C@@H]([Si](C)(C)F)[C@H](CCO)O[C@@]12C(=O)N(Cc1cccc(-n3[nH]c4ccccc4c3=O)c1)c1ccc(Br)cc12. The normalized spacial score (nSPS) is 24.4. The smallest absolute Gasteiger partial charge is 0.279 e. The van der Waals surface area contributed by atoms with Crippen LogP contribution in [-0.4, -0.2) is 41.9 Å². The first-order chi connectivity index (χ1) is 19.1.